The summed E-state index contributed by atoms with van der Waals surface area (Å²) in [5.74, 6) is -0.165. The van der Waals surface area contributed by atoms with Crippen molar-refractivity contribution in [2.24, 2.45) is 0 Å². The first-order chi connectivity index (χ1) is 7.78. The van der Waals surface area contributed by atoms with Gasteiger partial charge in [-0.1, -0.05) is 22.0 Å². The van der Waals surface area contributed by atoms with E-state index >= 15 is 0 Å². The molecule has 0 saturated carbocycles. The summed E-state index contributed by atoms with van der Waals surface area (Å²) in [6.07, 6.45) is 1.22. The van der Waals surface area contributed by atoms with Crippen LogP contribution in [0.5, 0.6) is 0 Å². The molecule has 0 aliphatic rings. The van der Waals surface area contributed by atoms with E-state index in [0.29, 0.717) is 17.6 Å². The minimum Gasteiger partial charge on any atom is -0.301 e. The number of hydrogen-bond acceptors (Lipinski definition) is 3. The minimum absolute atomic E-state index is 0.127. The Morgan fingerprint density at radius 2 is 2.06 bits per heavy atom. The van der Waals surface area contributed by atoms with Gasteiger partial charge in [-0.2, -0.15) is 0 Å². The summed E-state index contributed by atoms with van der Waals surface area (Å²) in [5.41, 5.74) is 0.933. The average Bonchev–Trinajstić information content (AvgIpc) is 2.18. The summed E-state index contributed by atoms with van der Waals surface area (Å²) >= 11 is 3.28. The number of rotatable bonds is 5. The van der Waals surface area contributed by atoms with Crippen molar-refractivity contribution in [1.29, 1.82) is 0 Å². The molecule has 1 rings (SSSR count). The summed E-state index contributed by atoms with van der Waals surface area (Å²) in [6.45, 7) is 1.04. The van der Waals surface area contributed by atoms with Crippen LogP contribution in [0.4, 0.5) is 4.39 Å². The number of benzene rings is 1. The van der Waals surface area contributed by atoms with E-state index in [1.807, 2.05) is 11.9 Å². The third kappa shape index (κ3) is 5.61. The summed E-state index contributed by atoms with van der Waals surface area (Å²) in [7, 11) is -1.11. The summed E-state index contributed by atoms with van der Waals surface area (Å²) < 4.78 is 35.6. The van der Waals surface area contributed by atoms with Crippen LogP contribution >= 0.6 is 15.9 Å². The molecule has 0 heterocycles. The van der Waals surface area contributed by atoms with Crippen LogP contribution in [0.25, 0.3) is 0 Å². The van der Waals surface area contributed by atoms with Crippen LogP contribution in [0.1, 0.15) is 5.56 Å². The van der Waals surface area contributed by atoms with Crippen molar-refractivity contribution in [3.05, 3.63) is 34.1 Å². The van der Waals surface area contributed by atoms with Gasteiger partial charge in [0.1, 0.15) is 15.7 Å². The molecule has 96 valence electrons. The zero-order valence-electron chi connectivity index (χ0n) is 9.78. The van der Waals surface area contributed by atoms with E-state index in [1.165, 1.54) is 18.4 Å². The maximum absolute atomic E-state index is 12.9. The van der Waals surface area contributed by atoms with E-state index in [4.69, 9.17) is 0 Å². The largest absolute Gasteiger partial charge is 0.301 e. The molecule has 0 fully saturated rings. The van der Waals surface area contributed by atoms with Crippen molar-refractivity contribution in [2.45, 2.75) is 6.54 Å². The standard InChI is InChI=1S/C11H15BrFNO2S/c1-14(5-6-17(2,15)16)8-9-3-4-10(13)7-11(9)12/h3-4,7H,5-6,8H2,1-2H3. The highest BCUT2D eigenvalue weighted by Gasteiger charge is 2.08. The molecule has 3 nitrogen and oxygen atoms in total. The molecule has 0 N–H and O–H groups in total. The summed E-state index contributed by atoms with van der Waals surface area (Å²) in [5, 5.41) is 0. The lowest BCUT2D eigenvalue weighted by molar-refractivity contribution is 0.345. The second-order valence-corrected chi connectivity index (χ2v) is 7.22. The van der Waals surface area contributed by atoms with Crippen molar-refractivity contribution < 1.29 is 12.8 Å². The van der Waals surface area contributed by atoms with Gasteiger partial charge in [0.15, 0.2) is 0 Å². The first kappa shape index (κ1) is 14.6. The molecule has 0 aliphatic carbocycles. The van der Waals surface area contributed by atoms with Gasteiger partial charge in [-0.15, -0.1) is 0 Å². The molecular formula is C11H15BrFNO2S. The molecule has 0 aliphatic heterocycles. The Hall–Kier alpha value is -0.460. The van der Waals surface area contributed by atoms with Gasteiger partial charge in [-0.3, -0.25) is 0 Å². The molecule has 0 unspecified atom stereocenters. The zero-order chi connectivity index (χ0) is 13.1. The number of halogens is 2. The van der Waals surface area contributed by atoms with E-state index in [1.54, 1.807) is 6.07 Å². The van der Waals surface area contributed by atoms with Crippen molar-refractivity contribution in [2.75, 3.05) is 25.6 Å². The Balaban J connectivity index is 2.59. The van der Waals surface area contributed by atoms with Gasteiger partial charge in [-0.05, 0) is 24.7 Å². The topological polar surface area (TPSA) is 37.4 Å². The van der Waals surface area contributed by atoms with Crippen LogP contribution < -0.4 is 0 Å². The highest BCUT2D eigenvalue weighted by atomic mass is 79.9. The van der Waals surface area contributed by atoms with Crippen LogP contribution in [0.2, 0.25) is 0 Å². The van der Waals surface area contributed by atoms with Crippen LogP contribution in [0.3, 0.4) is 0 Å². The van der Waals surface area contributed by atoms with Crippen molar-refractivity contribution in [3.8, 4) is 0 Å². The zero-order valence-corrected chi connectivity index (χ0v) is 12.2. The van der Waals surface area contributed by atoms with Gasteiger partial charge in [0, 0.05) is 23.8 Å². The smallest absolute Gasteiger partial charge is 0.148 e. The van der Waals surface area contributed by atoms with Gasteiger partial charge in [0.05, 0.1) is 5.75 Å². The van der Waals surface area contributed by atoms with Crippen LogP contribution in [0.15, 0.2) is 22.7 Å². The number of sulfone groups is 1. The van der Waals surface area contributed by atoms with E-state index in [9.17, 15) is 12.8 Å². The monoisotopic (exact) mass is 323 g/mol. The summed E-state index contributed by atoms with van der Waals surface area (Å²) in [6, 6.07) is 4.49. The quantitative estimate of drug-likeness (QED) is 0.832. The molecule has 1 aromatic rings. The van der Waals surface area contributed by atoms with Crippen molar-refractivity contribution in [3.63, 3.8) is 0 Å². The molecule has 1 aromatic carbocycles. The van der Waals surface area contributed by atoms with Crippen LogP contribution in [0, 0.1) is 5.82 Å². The first-order valence-corrected chi connectivity index (χ1v) is 7.93. The molecule has 0 saturated heterocycles. The third-order valence-corrected chi connectivity index (χ3v) is 3.96. The molecule has 0 atom stereocenters. The predicted octanol–water partition coefficient (Wildman–Crippen LogP) is 2.06. The Bertz CT molecular complexity index is 490. The molecule has 0 aromatic heterocycles. The number of nitrogens with zero attached hydrogens (tertiary/aromatic N) is 1. The Kier molecular flexibility index (Phi) is 5.09. The van der Waals surface area contributed by atoms with Crippen LogP contribution in [-0.2, 0) is 16.4 Å². The highest BCUT2D eigenvalue weighted by Crippen LogP contribution is 2.19. The SMILES string of the molecule is CN(CCS(C)(=O)=O)Cc1ccc(F)cc1Br. The van der Waals surface area contributed by atoms with Crippen molar-refractivity contribution >= 4 is 25.8 Å². The van der Waals surface area contributed by atoms with E-state index in [2.05, 4.69) is 15.9 Å². The van der Waals surface area contributed by atoms with E-state index in [0.717, 1.165) is 5.56 Å². The number of hydrogen-bond donors (Lipinski definition) is 0. The van der Waals surface area contributed by atoms with Gasteiger partial charge in [0.25, 0.3) is 0 Å². The second-order valence-electron chi connectivity index (χ2n) is 4.10. The molecule has 17 heavy (non-hydrogen) atoms. The molecule has 6 heteroatoms. The highest BCUT2D eigenvalue weighted by molar-refractivity contribution is 9.10. The van der Waals surface area contributed by atoms with E-state index in [-0.39, 0.29) is 11.6 Å². The minimum atomic E-state index is -2.94. The lowest BCUT2D eigenvalue weighted by Crippen LogP contribution is -2.25. The Labute approximate surface area is 110 Å². The van der Waals surface area contributed by atoms with Gasteiger partial charge in [-0.25, -0.2) is 12.8 Å². The van der Waals surface area contributed by atoms with Gasteiger partial charge in [0.2, 0.25) is 0 Å². The maximum Gasteiger partial charge on any atom is 0.148 e. The van der Waals surface area contributed by atoms with Crippen LogP contribution in [-0.4, -0.2) is 38.9 Å². The van der Waals surface area contributed by atoms with Gasteiger partial charge >= 0.3 is 0 Å². The molecule has 0 amide bonds. The maximum atomic E-state index is 12.9. The van der Waals surface area contributed by atoms with Crippen molar-refractivity contribution in [1.82, 2.24) is 4.90 Å². The predicted molar refractivity (Wildman–Crippen MR) is 70.1 cm³/mol. The fourth-order valence-electron chi connectivity index (χ4n) is 1.34. The van der Waals surface area contributed by atoms with E-state index < -0.39 is 9.84 Å². The normalized spacial score (nSPS) is 12.1. The Morgan fingerprint density at radius 3 is 2.59 bits per heavy atom. The lowest BCUT2D eigenvalue weighted by atomic mass is 10.2. The lowest BCUT2D eigenvalue weighted by Gasteiger charge is -2.16. The first-order valence-electron chi connectivity index (χ1n) is 5.08. The Morgan fingerprint density at radius 1 is 1.41 bits per heavy atom. The molecule has 0 radical (unpaired) electrons. The fourth-order valence-corrected chi connectivity index (χ4v) is 2.46. The molecule has 0 bridgehead atoms. The summed E-state index contributed by atoms with van der Waals surface area (Å²) in [4.78, 5) is 1.89. The molecular weight excluding hydrogens is 309 g/mol. The molecule has 0 spiro atoms. The second kappa shape index (κ2) is 5.93. The van der Waals surface area contributed by atoms with Gasteiger partial charge < -0.3 is 4.90 Å². The third-order valence-electron chi connectivity index (χ3n) is 2.30. The fraction of sp³-hybridized carbons (Fsp3) is 0.455. The average molecular weight is 324 g/mol.